The fourth-order valence-electron chi connectivity index (χ4n) is 5.29. The molecule has 2 heterocycles. The number of carbonyl (C=O) groups excluding carboxylic acids is 1. The van der Waals surface area contributed by atoms with Crippen LogP contribution in [0.2, 0.25) is 0 Å². The first-order chi connectivity index (χ1) is 18.7. The molecular formula is C27H32F3N5O4. The van der Waals surface area contributed by atoms with Crippen molar-refractivity contribution in [1.82, 2.24) is 9.88 Å². The molecule has 39 heavy (non-hydrogen) atoms. The zero-order valence-corrected chi connectivity index (χ0v) is 21.5. The maximum absolute atomic E-state index is 13.3. The second kappa shape index (κ2) is 11.3. The Balaban J connectivity index is 1.11. The number of anilines is 2. The molecule has 2 aliphatic carbocycles. The molecule has 2 aromatic rings. The Morgan fingerprint density at radius 3 is 2.41 bits per heavy atom. The maximum Gasteiger partial charge on any atom is 0.423 e. The minimum atomic E-state index is -4.81. The Hall–Kier alpha value is -3.57. The minimum Gasteiger partial charge on any atom is -0.490 e. The highest BCUT2D eigenvalue weighted by Gasteiger charge is 2.38. The van der Waals surface area contributed by atoms with Crippen LogP contribution in [0.4, 0.5) is 30.4 Å². The number of nitrogens with one attached hydrogen (secondary N) is 1. The summed E-state index contributed by atoms with van der Waals surface area (Å²) in [6.07, 6.45) is 2.71. The van der Waals surface area contributed by atoms with Gasteiger partial charge in [0, 0.05) is 62.7 Å². The standard InChI is InChI=1S/C27H32F3N5O4/c28-27(29,30)23-16-20(5-8-24(23)35(37)38)32-19-3-6-21(7-4-19)39-22-9-10-31-25(17-22)33-11-13-34(14-12-33)26(36)15-18-1-2-18/h5,8-10,16-19,21,32H,1-4,6-7,11-15H2/t19-,21-. The molecule has 3 aliphatic rings. The third-order valence-electron chi connectivity index (χ3n) is 7.68. The predicted octanol–water partition coefficient (Wildman–Crippen LogP) is 5.26. The summed E-state index contributed by atoms with van der Waals surface area (Å²) in [7, 11) is 0. The van der Waals surface area contributed by atoms with E-state index >= 15 is 0 Å². The molecule has 9 nitrogen and oxygen atoms in total. The largest absolute Gasteiger partial charge is 0.490 e. The van der Waals surface area contributed by atoms with E-state index in [-0.39, 0.29) is 23.7 Å². The number of halogens is 3. The number of aromatic nitrogens is 1. The van der Waals surface area contributed by atoms with Crippen LogP contribution in [0.15, 0.2) is 36.5 Å². The number of nitro groups is 1. The summed E-state index contributed by atoms with van der Waals surface area (Å²) in [5.74, 6) is 2.37. The number of hydrogen-bond acceptors (Lipinski definition) is 7. The molecule has 1 aromatic carbocycles. The van der Waals surface area contributed by atoms with Crippen LogP contribution < -0.4 is 15.0 Å². The van der Waals surface area contributed by atoms with Gasteiger partial charge in [-0.05, 0) is 62.6 Å². The van der Waals surface area contributed by atoms with Gasteiger partial charge in [0.05, 0.1) is 11.0 Å². The second-order valence-electron chi connectivity index (χ2n) is 10.6. The van der Waals surface area contributed by atoms with Crippen LogP contribution in [-0.2, 0) is 11.0 Å². The Labute approximate surface area is 224 Å². The van der Waals surface area contributed by atoms with Gasteiger partial charge in [-0.2, -0.15) is 13.2 Å². The average Bonchev–Trinajstić information content (AvgIpc) is 3.73. The molecule has 5 rings (SSSR count). The van der Waals surface area contributed by atoms with Gasteiger partial charge in [-0.1, -0.05) is 0 Å². The first kappa shape index (κ1) is 27.0. The van der Waals surface area contributed by atoms with E-state index in [9.17, 15) is 28.1 Å². The molecule has 210 valence electrons. The fraction of sp³-hybridized carbons (Fsp3) is 0.556. The second-order valence-corrected chi connectivity index (χ2v) is 10.6. The van der Waals surface area contributed by atoms with Crippen LogP contribution in [0, 0.1) is 16.0 Å². The van der Waals surface area contributed by atoms with E-state index in [0.717, 1.165) is 43.9 Å². The lowest BCUT2D eigenvalue weighted by Gasteiger charge is -2.35. The van der Waals surface area contributed by atoms with E-state index in [2.05, 4.69) is 15.2 Å². The van der Waals surface area contributed by atoms with Crippen LogP contribution in [0.5, 0.6) is 5.75 Å². The molecular weight excluding hydrogens is 515 g/mol. The molecule has 1 saturated heterocycles. The van der Waals surface area contributed by atoms with Crippen LogP contribution in [0.25, 0.3) is 0 Å². The van der Waals surface area contributed by atoms with Crippen molar-refractivity contribution >= 4 is 23.1 Å². The number of pyridine rings is 1. The number of ether oxygens (including phenoxy) is 1. The van der Waals surface area contributed by atoms with Crippen molar-refractivity contribution in [1.29, 1.82) is 0 Å². The van der Waals surface area contributed by atoms with Gasteiger partial charge >= 0.3 is 6.18 Å². The quantitative estimate of drug-likeness (QED) is 0.355. The lowest BCUT2D eigenvalue weighted by atomic mass is 9.92. The van der Waals surface area contributed by atoms with Gasteiger partial charge in [-0.25, -0.2) is 4.98 Å². The number of hydrogen-bond donors (Lipinski definition) is 1. The van der Waals surface area contributed by atoms with E-state index in [4.69, 9.17) is 4.74 Å². The van der Waals surface area contributed by atoms with E-state index in [1.165, 1.54) is 18.9 Å². The third kappa shape index (κ3) is 6.90. The summed E-state index contributed by atoms with van der Waals surface area (Å²) in [6, 6.07) is 6.70. The number of nitro benzene ring substituents is 1. The monoisotopic (exact) mass is 547 g/mol. The van der Waals surface area contributed by atoms with Crippen molar-refractivity contribution in [3.05, 3.63) is 52.2 Å². The topological polar surface area (TPSA) is 101 Å². The van der Waals surface area contributed by atoms with Crippen molar-refractivity contribution in [3.63, 3.8) is 0 Å². The molecule has 1 amide bonds. The van der Waals surface area contributed by atoms with Gasteiger partial charge in [0.2, 0.25) is 5.91 Å². The Kier molecular flexibility index (Phi) is 7.81. The van der Waals surface area contributed by atoms with Gasteiger partial charge < -0.3 is 19.9 Å². The van der Waals surface area contributed by atoms with E-state index in [0.29, 0.717) is 44.0 Å². The molecule has 0 spiro atoms. The molecule has 2 saturated carbocycles. The highest BCUT2D eigenvalue weighted by atomic mass is 19.4. The van der Waals surface area contributed by atoms with E-state index < -0.39 is 22.4 Å². The smallest absolute Gasteiger partial charge is 0.423 e. The van der Waals surface area contributed by atoms with Gasteiger partial charge in [-0.15, -0.1) is 0 Å². The number of rotatable bonds is 8. The molecule has 0 bridgehead atoms. The average molecular weight is 548 g/mol. The normalized spacial score (nSPS) is 21.9. The van der Waals surface area contributed by atoms with Crippen LogP contribution in [0.1, 0.15) is 50.5 Å². The van der Waals surface area contributed by atoms with Crippen LogP contribution >= 0.6 is 0 Å². The van der Waals surface area contributed by atoms with Gasteiger partial charge in [-0.3, -0.25) is 14.9 Å². The van der Waals surface area contributed by atoms with Crippen molar-refractivity contribution in [2.24, 2.45) is 5.92 Å². The Morgan fingerprint density at radius 1 is 1.05 bits per heavy atom. The summed E-state index contributed by atoms with van der Waals surface area (Å²) in [5, 5.41) is 14.1. The number of nitrogens with zero attached hydrogens (tertiary/aromatic N) is 4. The molecule has 0 atom stereocenters. The summed E-state index contributed by atoms with van der Waals surface area (Å²) in [4.78, 5) is 31.0. The molecule has 0 radical (unpaired) electrons. The molecule has 1 N–H and O–H groups in total. The molecule has 1 aromatic heterocycles. The number of alkyl halides is 3. The summed E-state index contributed by atoms with van der Waals surface area (Å²) >= 11 is 0. The summed E-state index contributed by atoms with van der Waals surface area (Å²) < 4.78 is 46.1. The zero-order valence-electron chi connectivity index (χ0n) is 21.5. The number of amides is 1. The minimum absolute atomic E-state index is 0.0298. The van der Waals surface area contributed by atoms with Crippen molar-refractivity contribution in [3.8, 4) is 5.75 Å². The van der Waals surface area contributed by atoms with E-state index in [1.54, 1.807) is 6.20 Å². The van der Waals surface area contributed by atoms with Gasteiger partial charge in [0.1, 0.15) is 17.1 Å². The lowest BCUT2D eigenvalue weighted by molar-refractivity contribution is -0.388. The first-order valence-electron chi connectivity index (χ1n) is 13.4. The van der Waals surface area contributed by atoms with Crippen molar-refractivity contribution < 1.29 is 27.6 Å². The van der Waals surface area contributed by atoms with Crippen LogP contribution in [-0.4, -0.2) is 59.0 Å². The number of piperazine rings is 1. The van der Waals surface area contributed by atoms with Gasteiger partial charge in [0.15, 0.2) is 0 Å². The fourth-order valence-corrected chi connectivity index (χ4v) is 5.29. The van der Waals surface area contributed by atoms with E-state index in [1.807, 2.05) is 17.0 Å². The lowest BCUT2D eigenvalue weighted by Crippen LogP contribution is -2.49. The van der Waals surface area contributed by atoms with Crippen molar-refractivity contribution in [2.75, 3.05) is 36.4 Å². The molecule has 1 aliphatic heterocycles. The predicted molar refractivity (Wildman–Crippen MR) is 139 cm³/mol. The Bertz CT molecular complexity index is 1190. The molecule has 3 fully saturated rings. The van der Waals surface area contributed by atoms with Crippen molar-refractivity contribution in [2.45, 2.75) is 63.3 Å². The summed E-state index contributed by atoms with van der Waals surface area (Å²) in [6.45, 7) is 2.83. The third-order valence-corrected chi connectivity index (χ3v) is 7.68. The molecule has 12 heteroatoms. The highest BCUT2D eigenvalue weighted by Crippen LogP contribution is 2.38. The Morgan fingerprint density at radius 2 is 1.77 bits per heavy atom. The van der Waals surface area contributed by atoms with Crippen LogP contribution in [0.3, 0.4) is 0 Å². The maximum atomic E-state index is 13.3. The number of benzene rings is 1. The molecule has 0 unspecified atom stereocenters. The first-order valence-corrected chi connectivity index (χ1v) is 13.4. The van der Waals surface area contributed by atoms with Gasteiger partial charge in [0.25, 0.3) is 5.69 Å². The highest BCUT2D eigenvalue weighted by molar-refractivity contribution is 5.77. The summed E-state index contributed by atoms with van der Waals surface area (Å²) in [5.41, 5.74) is -1.99. The number of carbonyl (C=O) groups is 1. The SMILES string of the molecule is O=C(CC1CC1)N1CCN(c2cc(O[C@H]3CC[C@H](Nc4ccc([N+](=O)[O-])c(C(F)(F)F)c4)CC3)ccn2)CC1. The zero-order chi connectivity index (χ0) is 27.6.